The van der Waals surface area contributed by atoms with Gasteiger partial charge < -0.3 is 4.90 Å². The Morgan fingerprint density at radius 2 is 1.95 bits per heavy atom. The van der Waals surface area contributed by atoms with Crippen molar-refractivity contribution < 1.29 is 9.18 Å². The average Bonchev–Trinajstić information content (AvgIpc) is 3.00. The predicted molar refractivity (Wildman–Crippen MR) is 81.1 cm³/mol. The average molecular weight is 311 g/mol. The van der Waals surface area contributed by atoms with Crippen LogP contribution >= 0.6 is 11.6 Å². The lowest BCUT2D eigenvalue weighted by atomic mass is 10.1. The molecule has 3 nitrogen and oxygen atoms in total. The molecule has 1 unspecified atom stereocenters. The molecule has 2 aliphatic heterocycles. The highest BCUT2D eigenvalue weighted by Crippen LogP contribution is 2.23. The summed E-state index contributed by atoms with van der Waals surface area (Å²) in [6, 6.07) is 4.58. The first-order valence-corrected chi connectivity index (χ1v) is 8.01. The fourth-order valence-electron chi connectivity index (χ4n) is 3.34. The molecule has 0 N–H and O–H groups in total. The Balaban J connectivity index is 1.67. The fourth-order valence-corrected chi connectivity index (χ4v) is 3.51. The molecule has 2 heterocycles. The maximum Gasteiger partial charge on any atom is 0.256 e. The zero-order valence-electron chi connectivity index (χ0n) is 12.0. The van der Waals surface area contributed by atoms with Gasteiger partial charge in [0.05, 0.1) is 5.56 Å². The van der Waals surface area contributed by atoms with Crippen LogP contribution in [-0.2, 0) is 0 Å². The number of benzene rings is 1. The van der Waals surface area contributed by atoms with E-state index < -0.39 is 5.82 Å². The maximum absolute atomic E-state index is 13.8. The molecule has 1 aromatic rings. The van der Waals surface area contributed by atoms with Crippen LogP contribution in [0.4, 0.5) is 4.39 Å². The van der Waals surface area contributed by atoms with E-state index in [0.29, 0.717) is 24.2 Å². The van der Waals surface area contributed by atoms with E-state index in [-0.39, 0.29) is 11.5 Å². The van der Waals surface area contributed by atoms with Crippen LogP contribution in [0.2, 0.25) is 5.02 Å². The van der Waals surface area contributed by atoms with Gasteiger partial charge in [-0.2, -0.15) is 0 Å². The number of amides is 1. The lowest BCUT2D eigenvalue weighted by molar-refractivity contribution is 0.0767. The van der Waals surface area contributed by atoms with Gasteiger partial charge in [-0.3, -0.25) is 9.69 Å². The maximum atomic E-state index is 13.8. The van der Waals surface area contributed by atoms with Crippen LogP contribution < -0.4 is 0 Å². The second-order valence-corrected chi connectivity index (χ2v) is 6.35. The number of halogens is 2. The summed E-state index contributed by atoms with van der Waals surface area (Å²) in [7, 11) is 0. The van der Waals surface area contributed by atoms with Gasteiger partial charge in [0.15, 0.2) is 0 Å². The first kappa shape index (κ1) is 14.8. The molecule has 2 aliphatic rings. The van der Waals surface area contributed by atoms with Crippen molar-refractivity contribution in [3.63, 3.8) is 0 Å². The lowest BCUT2D eigenvalue weighted by Crippen LogP contribution is -2.41. The van der Waals surface area contributed by atoms with E-state index >= 15 is 0 Å². The third-order valence-electron chi connectivity index (χ3n) is 4.52. The largest absolute Gasteiger partial charge is 0.337 e. The molecular formula is C16H20ClFN2O. The van der Waals surface area contributed by atoms with Gasteiger partial charge in [-0.25, -0.2) is 4.39 Å². The number of hydrogen-bond acceptors (Lipinski definition) is 2. The molecule has 0 aromatic heterocycles. The van der Waals surface area contributed by atoms with Gasteiger partial charge in [0.2, 0.25) is 0 Å². The van der Waals surface area contributed by atoms with Gasteiger partial charge >= 0.3 is 0 Å². The van der Waals surface area contributed by atoms with E-state index in [0.717, 1.165) is 19.5 Å². The van der Waals surface area contributed by atoms with Crippen molar-refractivity contribution in [1.29, 1.82) is 0 Å². The molecule has 0 bridgehead atoms. The van der Waals surface area contributed by atoms with Crippen LogP contribution in [0, 0.1) is 5.82 Å². The summed E-state index contributed by atoms with van der Waals surface area (Å²) in [4.78, 5) is 16.7. The molecule has 1 atom stereocenters. The minimum atomic E-state index is -0.495. The molecule has 0 spiro atoms. The highest BCUT2D eigenvalue weighted by atomic mass is 35.5. The van der Waals surface area contributed by atoms with Crippen molar-refractivity contribution >= 4 is 17.5 Å². The third kappa shape index (κ3) is 3.22. The minimum absolute atomic E-state index is 0.0850. The standard InChI is InChI=1S/C16H20ClFN2O/c17-12-4-5-15(18)14(10-12)16(21)20-9-6-13(11-20)19-7-2-1-3-8-19/h4-5,10,13H,1-3,6-9,11H2. The van der Waals surface area contributed by atoms with Crippen molar-refractivity contribution in [2.45, 2.75) is 31.7 Å². The van der Waals surface area contributed by atoms with Crippen molar-refractivity contribution in [3.05, 3.63) is 34.6 Å². The van der Waals surface area contributed by atoms with Crippen LogP contribution in [0.15, 0.2) is 18.2 Å². The summed E-state index contributed by atoms with van der Waals surface area (Å²) in [6.07, 6.45) is 4.77. The minimum Gasteiger partial charge on any atom is -0.337 e. The number of carbonyl (C=O) groups excluding carboxylic acids is 1. The van der Waals surface area contributed by atoms with E-state index in [9.17, 15) is 9.18 Å². The molecule has 21 heavy (non-hydrogen) atoms. The molecule has 114 valence electrons. The van der Waals surface area contributed by atoms with Gasteiger partial charge in [-0.1, -0.05) is 18.0 Å². The molecule has 3 rings (SSSR count). The first-order chi connectivity index (χ1) is 10.1. The first-order valence-electron chi connectivity index (χ1n) is 7.63. The Bertz CT molecular complexity index is 531. The predicted octanol–water partition coefficient (Wildman–Crippen LogP) is 3.18. The second kappa shape index (κ2) is 6.32. The number of likely N-dealkylation sites (tertiary alicyclic amines) is 2. The molecule has 1 amide bonds. The molecule has 5 heteroatoms. The van der Waals surface area contributed by atoms with E-state index in [1.807, 2.05) is 0 Å². The Hall–Kier alpha value is -1.13. The van der Waals surface area contributed by atoms with Crippen molar-refractivity contribution in [3.8, 4) is 0 Å². The molecule has 2 fully saturated rings. The summed E-state index contributed by atoms with van der Waals surface area (Å²) in [5.74, 6) is -0.736. The monoisotopic (exact) mass is 310 g/mol. The Kier molecular flexibility index (Phi) is 4.45. The van der Waals surface area contributed by atoms with Crippen LogP contribution in [0.3, 0.4) is 0 Å². The highest BCUT2D eigenvalue weighted by molar-refractivity contribution is 6.31. The van der Waals surface area contributed by atoms with Crippen molar-refractivity contribution in [2.24, 2.45) is 0 Å². The van der Waals surface area contributed by atoms with Gasteiger partial charge in [0.1, 0.15) is 5.82 Å². The summed E-state index contributed by atoms with van der Waals surface area (Å²) >= 11 is 5.87. The van der Waals surface area contributed by atoms with Crippen LogP contribution in [-0.4, -0.2) is 47.9 Å². The summed E-state index contributed by atoms with van der Waals surface area (Å²) < 4.78 is 13.8. The summed E-state index contributed by atoms with van der Waals surface area (Å²) in [6.45, 7) is 3.65. The van der Waals surface area contributed by atoms with E-state index in [4.69, 9.17) is 11.6 Å². The van der Waals surface area contributed by atoms with E-state index in [1.54, 1.807) is 4.90 Å². The van der Waals surface area contributed by atoms with Gasteiger partial charge in [-0.15, -0.1) is 0 Å². The Morgan fingerprint density at radius 3 is 2.71 bits per heavy atom. The van der Waals surface area contributed by atoms with Crippen molar-refractivity contribution in [2.75, 3.05) is 26.2 Å². The van der Waals surface area contributed by atoms with Crippen LogP contribution in [0.25, 0.3) is 0 Å². The summed E-state index contributed by atoms with van der Waals surface area (Å²) in [5.41, 5.74) is 0.0850. The fraction of sp³-hybridized carbons (Fsp3) is 0.562. The topological polar surface area (TPSA) is 23.6 Å². The van der Waals surface area contributed by atoms with E-state index in [1.165, 1.54) is 37.5 Å². The Labute approximate surface area is 129 Å². The number of hydrogen-bond donors (Lipinski definition) is 0. The van der Waals surface area contributed by atoms with Gasteiger partial charge in [0.25, 0.3) is 5.91 Å². The highest BCUT2D eigenvalue weighted by Gasteiger charge is 2.32. The number of carbonyl (C=O) groups is 1. The van der Waals surface area contributed by atoms with Gasteiger partial charge in [-0.05, 0) is 50.6 Å². The number of piperidine rings is 1. The Morgan fingerprint density at radius 1 is 1.19 bits per heavy atom. The molecular weight excluding hydrogens is 291 g/mol. The number of nitrogens with zero attached hydrogens (tertiary/aromatic N) is 2. The smallest absolute Gasteiger partial charge is 0.256 e. The van der Waals surface area contributed by atoms with Crippen molar-refractivity contribution in [1.82, 2.24) is 9.80 Å². The lowest BCUT2D eigenvalue weighted by Gasteiger charge is -2.32. The number of rotatable bonds is 2. The molecule has 2 saturated heterocycles. The SMILES string of the molecule is O=C(c1cc(Cl)ccc1F)N1CCC(N2CCCCC2)C1. The molecule has 0 saturated carbocycles. The van der Waals surface area contributed by atoms with Crippen LogP contribution in [0.1, 0.15) is 36.0 Å². The van der Waals surface area contributed by atoms with Crippen LogP contribution in [0.5, 0.6) is 0 Å². The third-order valence-corrected chi connectivity index (χ3v) is 4.75. The molecule has 0 aliphatic carbocycles. The quantitative estimate of drug-likeness (QED) is 0.837. The van der Waals surface area contributed by atoms with Gasteiger partial charge in [0, 0.05) is 24.2 Å². The van der Waals surface area contributed by atoms with E-state index in [2.05, 4.69) is 4.90 Å². The zero-order valence-corrected chi connectivity index (χ0v) is 12.8. The second-order valence-electron chi connectivity index (χ2n) is 5.91. The normalized spacial score (nSPS) is 23.5. The molecule has 1 aromatic carbocycles. The molecule has 0 radical (unpaired) electrons. The zero-order chi connectivity index (χ0) is 14.8. The summed E-state index contributed by atoms with van der Waals surface area (Å²) in [5, 5.41) is 0.395.